The van der Waals surface area contributed by atoms with Crippen LogP contribution in [0.1, 0.15) is 0 Å². The molecule has 0 atom stereocenters. The van der Waals surface area contributed by atoms with Crippen LogP contribution >= 0.6 is 0 Å². The van der Waals surface area contributed by atoms with Gasteiger partial charge in [-0.1, -0.05) is 66.1 Å². The van der Waals surface area contributed by atoms with Crippen molar-refractivity contribution < 1.29 is 0 Å². The fraction of sp³-hybridized carbons (Fsp3) is 0. The van der Waals surface area contributed by atoms with E-state index in [-0.39, 0.29) is 0 Å². The predicted octanol–water partition coefficient (Wildman–Crippen LogP) is 4.47. The van der Waals surface area contributed by atoms with Crippen LogP contribution in [0.15, 0.2) is 85.1 Å². The Bertz CT molecular complexity index is 1260. The molecule has 5 rings (SSSR count). The zero-order chi connectivity index (χ0) is 16.8. The predicted molar refractivity (Wildman–Crippen MR) is 110 cm³/mol. The van der Waals surface area contributed by atoms with Crippen LogP contribution in [0.3, 0.4) is 0 Å². The molecule has 1 nitrogen and oxygen atoms in total. The fourth-order valence-corrected chi connectivity index (χ4v) is 3.84. The second-order valence-electron chi connectivity index (χ2n) is 6.52. The molecular weight excluding hydrogens is 301 g/mol. The highest BCUT2D eigenvalue weighted by atomic mass is 14.6. The third-order valence-electron chi connectivity index (χ3n) is 5.06. The van der Waals surface area contributed by atoms with Gasteiger partial charge in [-0.15, -0.1) is 0 Å². The molecule has 4 aromatic carbocycles. The van der Waals surface area contributed by atoms with Gasteiger partial charge in [0, 0.05) is 11.6 Å². The van der Waals surface area contributed by atoms with Crippen LogP contribution in [0.4, 0.5) is 0 Å². The molecule has 0 amide bonds. The SMILES string of the molecule is Bc1ccccc1-c1cc2c3cccnc3ccc2c2ccccc12. The van der Waals surface area contributed by atoms with Crippen LogP contribution in [-0.4, -0.2) is 12.8 Å². The Morgan fingerprint density at radius 1 is 0.560 bits per heavy atom. The minimum Gasteiger partial charge on any atom is -0.256 e. The van der Waals surface area contributed by atoms with Crippen molar-refractivity contribution in [1.82, 2.24) is 4.98 Å². The molecule has 1 heterocycles. The summed E-state index contributed by atoms with van der Waals surface area (Å²) in [6.45, 7) is 0. The Kier molecular flexibility index (Phi) is 3.11. The van der Waals surface area contributed by atoms with Crippen molar-refractivity contribution in [2.75, 3.05) is 0 Å². The molecule has 0 unspecified atom stereocenters. The quantitative estimate of drug-likeness (QED) is 0.328. The molecule has 0 aliphatic carbocycles. The van der Waals surface area contributed by atoms with Crippen molar-refractivity contribution in [3.63, 3.8) is 0 Å². The van der Waals surface area contributed by atoms with Crippen molar-refractivity contribution in [2.45, 2.75) is 0 Å². The maximum Gasteiger partial charge on any atom is 0.140 e. The first-order chi connectivity index (χ1) is 12.3. The largest absolute Gasteiger partial charge is 0.256 e. The lowest BCUT2D eigenvalue weighted by atomic mass is 9.84. The standard InChI is InChI=1S/C23H16BN/c24-22-10-4-3-8-18(22)20-14-21-17(15-6-1-2-7-16(15)20)11-12-23-19(21)9-5-13-25-23/h1-14H,24H2. The number of nitrogens with zero attached hydrogens (tertiary/aromatic N) is 1. The fourth-order valence-electron chi connectivity index (χ4n) is 3.84. The van der Waals surface area contributed by atoms with E-state index in [1.807, 2.05) is 12.3 Å². The van der Waals surface area contributed by atoms with E-state index in [1.54, 1.807) is 0 Å². The number of hydrogen-bond donors (Lipinski definition) is 0. The van der Waals surface area contributed by atoms with Gasteiger partial charge in [-0.05, 0) is 50.9 Å². The van der Waals surface area contributed by atoms with E-state index in [2.05, 4.69) is 85.6 Å². The number of fused-ring (bicyclic) bond motifs is 5. The molecule has 25 heavy (non-hydrogen) atoms. The lowest BCUT2D eigenvalue weighted by molar-refractivity contribution is 1.42. The first-order valence-corrected chi connectivity index (χ1v) is 8.58. The van der Waals surface area contributed by atoms with Gasteiger partial charge in [-0.3, -0.25) is 4.98 Å². The van der Waals surface area contributed by atoms with Gasteiger partial charge in [0.05, 0.1) is 5.52 Å². The van der Waals surface area contributed by atoms with E-state index >= 15 is 0 Å². The lowest BCUT2D eigenvalue weighted by Crippen LogP contribution is -2.05. The van der Waals surface area contributed by atoms with E-state index in [1.165, 1.54) is 43.5 Å². The normalized spacial score (nSPS) is 11.4. The van der Waals surface area contributed by atoms with Gasteiger partial charge in [0.15, 0.2) is 0 Å². The average molecular weight is 317 g/mol. The van der Waals surface area contributed by atoms with E-state index in [0.29, 0.717) is 0 Å². The second-order valence-corrected chi connectivity index (χ2v) is 6.52. The van der Waals surface area contributed by atoms with Gasteiger partial charge in [0.25, 0.3) is 0 Å². The number of aromatic nitrogens is 1. The van der Waals surface area contributed by atoms with Crippen molar-refractivity contribution in [3.8, 4) is 11.1 Å². The van der Waals surface area contributed by atoms with Crippen LogP contribution < -0.4 is 5.46 Å². The minimum atomic E-state index is 1.04. The smallest absolute Gasteiger partial charge is 0.140 e. The van der Waals surface area contributed by atoms with Crippen LogP contribution in [0, 0.1) is 0 Å². The van der Waals surface area contributed by atoms with Crippen molar-refractivity contribution in [2.24, 2.45) is 0 Å². The minimum absolute atomic E-state index is 1.04. The summed E-state index contributed by atoms with van der Waals surface area (Å²) in [5.74, 6) is 0. The van der Waals surface area contributed by atoms with Crippen molar-refractivity contribution in [1.29, 1.82) is 0 Å². The molecule has 0 saturated heterocycles. The number of hydrogen-bond acceptors (Lipinski definition) is 1. The van der Waals surface area contributed by atoms with Gasteiger partial charge >= 0.3 is 0 Å². The number of rotatable bonds is 1. The molecule has 0 saturated carbocycles. The topological polar surface area (TPSA) is 12.9 Å². The average Bonchev–Trinajstić information content (AvgIpc) is 2.67. The molecule has 0 aliphatic heterocycles. The monoisotopic (exact) mass is 317 g/mol. The molecular formula is C23H16BN. The van der Waals surface area contributed by atoms with Gasteiger partial charge in [0.1, 0.15) is 7.85 Å². The first kappa shape index (κ1) is 14.2. The van der Waals surface area contributed by atoms with Crippen LogP contribution in [-0.2, 0) is 0 Å². The van der Waals surface area contributed by atoms with Gasteiger partial charge in [-0.25, -0.2) is 0 Å². The van der Waals surface area contributed by atoms with Crippen LogP contribution in [0.5, 0.6) is 0 Å². The summed E-state index contributed by atoms with van der Waals surface area (Å²) in [7, 11) is 2.18. The molecule has 0 aliphatic rings. The van der Waals surface area contributed by atoms with Crippen molar-refractivity contribution >= 4 is 45.8 Å². The summed E-state index contributed by atoms with van der Waals surface area (Å²) in [5, 5.41) is 6.35. The summed E-state index contributed by atoms with van der Waals surface area (Å²) < 4.78 is 0. The molecule has 0 radical (unpaired) electrons. The molecule has 116 valence electrons. The molecule has 1 aromatic heterocycles. The summed E-state index contributed by atoms with van der Waals surface area (Å²) in [4.78, 5) is 4.53. The summed E-state index contributed by atoms with van der Waals surface area (Å²) in [5.41, 5.74) is 4.92. The Hall–Kier alpha value is -3.13. The molecule has 5 aromatic rings. The van der Waals surface area contributed by atoms with Crippen molar-refractivity contribution in [3.05, 3.63) is 85.1 Å². The highest BCUT2D eigenvalue weighted by Gasteiger charge is 2.11. The molecule has 0 bridgehead atoms. The summed E-state index contributed by atoms with van der Waals surface area (Å²) in [6, 6.07) is 28.2. The first-order valence-electron chi connectivity index (χ1n) is 8.58. The van der Waals surface area contributed by atoms with Gasteiger partial charge in [-0.2, -0.15) is 0 Å². The maximum atomic E-state index is 4.53. The molecule has 0 N–H and O–H groups in total. The van der Waals surface area contributed by atoms with E-state index in [9.17, 15) is 0 Å². The highest BCUT2D eigenvalue weighted by Crippen LogP contribution is 2.36. The zero-order valence-corrected chi connectivity index (χ0v) is 14.0. The Morgan fingerprint density at radius 2 is 1.28 bits per heavy atom. The van der Waals surface area contributed by atoms with E-state index in [4.69, 9.17) is 0 Å². The second kappa shape index (κ2) is 5.46. The third kappa shape index (κ3) is 2.15. The summed E-state index contributed by atoms with van der Waals surface area (Å²) in [6.07, 6.45) is 1.86. The Balaban J connectivity index is 2.03. The van der Waals surface area contributed by atoms with E-state index in [0.717, 1.165) is 5.52 Å². The van der Waals surface area contributed by atoms with Gasteiger partial charge in [0.2, 0.25) is 0 Å². The van der Waals surface area contributed by atoms with Crippen LogP contribution in [0.2, 0.25) is 0 Å². The maximum absolute atomic E-state index is 4.53. The van der Waals surface area contributed by atoms with Gasteiger partial charge < -0.3 is 0 Å². The Labute approximate surface area is 147 Å². The molecule has 0 spiro atoms. The number of pyridine rings is 1. The van der Waals surface area contributed by atoms with Crippen LogP contribution in [0.25, 0.3) is 43.6 Å². The lowest BCUT2D eigenvalue weighted by Gasteiger charge is -2.14. The van der Waals surface area contributed by atoms with E-state index < -0.39 is 0 Å². The molecule has 2 heteroatoms. The third-order valence-corrected chi connectivity index (χ3v) is 5.06. The zero-order valence-electron chi connectivity index (χ0n) is 14.0. The number of benzene rings is 4. The molecule has 0 fully saturated rings. The Morgan fingerprint density at radius 3 is 2.16 bits per heavy atom. The highest BCUT2D eigenvalue weighted by molar-refractivity contribution is 6.37. The summed E-state index contributed by atoms with van der Waals surface area (Å²) >= 11 is 0.